The molecule has 1 amide bonds. The van der Waals surface area contributed by atoms with Gasteiger partial charge in [-0.1, -0.05) is 0 Å². The number of hydrogen-bond acceptors (Lipinski definition) is 5. The lowest BCUT2D eigenvalue weighted by Gasteiger charge is -2.35. The first-order valence-corrected chi connectivity index (χ1v) is 10.7. The molecular formula is C16H22N2O4S2. The van der Waals surface area contributed by atoms with E-state index < -0.39 is 10.0 Å². The maximum absolute atomic E-state index is 12.7. The van der Waals surface area contributed by atoms with Crippen LogP contribution < -0.4 is 0 Å². The van der Waals surface area contributed by atoms with Crippen molar-refractivity contribution < 1.29 is 17.9 Å². The van der Waals surface area contributed by atoms with Gasteiger partial charge in [-0.05, 0) is 43.4 Å². The number of benzene rings is 1. The maximum atomic E-state index is 12.7. The Bertz CT molecular complexity index is 677. The van der Waals surface area contributed by atoms with E-state index in [0.717, 1.165) is 17.7 Å². The molecule has 0 aromatic heterocycles. The summed E-state index contributed by atoms with van der Waals surface area (Å²) in [5.74, 6) is -0.00567. The van der Waals surface area contributed by atoms with E-state index in [1.807, 2.05) is 18.4 Å². The molecule has 1 aromatic rings. The van der Waals surface area contributed by atoms with Crippen molar-refractivity contribution in [2.24, 2.45) is 0 Å². The van der Waals surface area contributed by atoms with Crippen LogP contribution in [-0.4, -0.2) is 68.7 Å². The molecule has 1 unspecified atom stereocenters. The smallest absolute Gasteiger partial charge is 0.251 e. The summed E-state index contributed by atoms with van der Waals surface area (Å²) in [6.45, 7) is 2.12. The Balaban J connectivity index is 1.63. The van der Waals surface area contributed by atoms with Gasteiger partial charge in [0, 0.05) is 37.7 Å². The average Bonchev–Trinajstić information content (AvgIpc) is 3.16. The van der Waals surface area contributed by atoms with Crippen LogP contribution in [0.5, 0.6) is 0 Å². The number of piperazine rings is 1. The largest absolute Gasteiger partial charge is 0.368 e. The first-order valence-electron chi connectivity index (χ1n) is 8.07. The number of nitrogens with zero attached hydrogens (tertiary/aromatic N) is 2. The second kappa shape index (κ2) is 7.43. The molecule has 1 aromatic carbocycles. The van der Waals surface area contributed by atoms with Crippen LogP contribution in [0, 0.1) is 0 Å². The molecule has 0 bridgehead atoms. The van der Waals surface area contributed by atoms with Gasteiger partial charge in [-0.3, -0.25) is 4.79 Å². The van der Waals surface area contributed by atoms with Crippen molar-refractivity contribution in [1.29, 1.82) is 0 Å². The minimum atomic E-state index is -3.50. The normalized spacial score (nSPS) is 22.7. The minimum absolute atomic E-state index is 0.00567. The van der Waals surface area contributed by atoms with E-state index in [1.54, 1.807) is 28.8 Å². The molecule has 2 saturated heterocycles. The first kappa shape index (κ1) is 17.7. The molecule has 0 radical (unpaired) electrons. The molecule has 0 spiro atoms. The van der Waals surface area contributed by atoms with Crippen molar-refractivity contribution in [3.63, 3.8) is 0 Å². The summed E-state index contributed by atoms with van der Waals surface area (Å²) in [5.41, 5.74) is 0. The van der Waals surface area contributed by atoms with Crippen molar-refractivity contribution in [2.45, 2.75) is 28.7 Å². The molecular weight excluding hydrogens is 348 g/mol. The molecule has 6 nitrogen and oxygen atoms in total. The quantitative estimate of drug-likeness (QED) is 0.750. The Morgan fingerprint density at radius 3 is 2.38 bits per heavy atom. The molecule has 0 saturated carbocycles. The number of rotatable bonds is 4. The van der Waals surface area contributed by atoms with E-state index in [-0.39, 0.29) is 12.0 Å². The highest BCUT2D eigenvalue weighted by Gasteiger charge is 2.33. The molecule has 3 rings (SSSR count). The molecule has 8 heteroatoms. The van der Waals surface area contributed by atoms with Crippen LogP contribution in [0.25, 0.3) is 0 Å². The van der Waals surface area contributed by atoms with E-state index >= 15 is 0 Å². The lowest BCUT2D eigenvalue weighted by Crippen LogP contribution is -2.52. The highest BCUT2D eigenvalue weighted by molar-refractivity contribution is 7.98. The van der Waals surface area contributed by atoms with Gasteiger partial charge >= 0.3 is 0 Å². The number of amides is 1. The van der Waals surface area contributed by atoms with Crippen molar-refractivity contribution in [3.05, 3.63) is 24.3 Å². The standard InChI is InChI=1S/C16H22N2O4S2/c1-23-13-4-6-14(7-5-13)24(20,21)18-10-8-17(9-11-18)16(19)15-3-2-12-22-15/h4-7,15H,2-3,8-12H2,1H3. The molecule has 2 aliphatic heterocycles. The van der Waals surface area contributed by atoms with Crippen molar-refractivity contribution in [1.82, 2.24) is 9.21 Å². The Kier molecular flexibility index (Phi) is 5.49. The average molecular weight is 370 g/mol. The molecule has 2 heterocycles. The van der Waals surface area contributed by atoms with Crippen LogP contribution in [0.1, 0.15) is 12.8 Å². The van der Waals surface area contributed by atoms with Crippen LogP contribution in [0.15, 0.2) is 34.1 Å². The predicted molar refractivity (Wildman–Crippen MR) is 92.5 cm³/mol. The Labute approximate surface area is 147 Å². The van der Waals surface area contributed by atoms with Crippen LogP contribution in [-0.2, 0) is 19.6 Å². The Morgan fingerprint density at radius 2 is 1.83 bits per heavy atom. The molecule has 0 N–H and O–H groups in total. The van der Waals surface area contributed by atoms with Gasteiger partial charge in [0.05, 0.1) is 4.90 Å². The third-order valence-corrected chi connectivity index (χ3v) is 7.11. The third-order valence-electron chi connectivity index (χ3n) is 4.45. The fraction of sp³-hybridized carbons (Fsp3) is 0.562. The highest BCUT2D eigenvalue weighted by atomic mass is 32.2. The summed E-state index contributed by atoms with van der Waals surface area (Å²) in [4.78, 5) is 15.4. The van der Waals surface area contributed by atoms with Gasteiger partial charge in [-0.15, -0.1) is 11.8 Å². The summed E-state index contributed by atoms with van der Waals surface area (Å²) in [7, 11) is -3.50. The van der Waals surface area contributed by atoms with Crippen LogP contribution in [0.4, 0.5) is 0 Å². The second-order valence-corrected chi connectivity index (χ2v) is 8.72. The first-order chi connectivity index (χ1) is 11.5. The van der Waals surface area contributed by atoms with Gasteiger partial charge in [0.1, 0.15) is 6.10 Å². The SMILES string of the molecule is CSc1ccc(S(=O)(=O)N2CCN(C(=O)C3CCCO3)CC2)cc1. The van der Waals surface area contributed by atoms with Crippen molar-refractivity contribution >= 4 is 27.7 Å². The van der Waals surface area contributed by atoms with Gasteiger partial charge < -0.3 is 9.64 Å². The topological polar surface area (TPSA) is 66.9 Å². The van der Waals surface area contributed by atoms with Crippen LogP contribution in [0.3, 0.4) is 0 Å². The van der Waals surface area contributed by atoms with E-state index in [4.69, 9.17) is 4.74 Å². The fourth-order valence-electron chi connectivity index (χ4n) is 3.02. The number of carbonyl (C=O) groups is 1. The molecule has 2 fully saturated rings. The lowest BCUT2D eigenvalue weighted by molar-refractivity contribution is -0.142. The summed E-state index contributed by atoms with van der Waals surface area (Å²) in [5, 5.41) is 0. The van der Waals surface area contributed by atoms with Crippen molar-refractivity contribution in [3.8, 4) is 0 Å². The van der Waals surface area contributed by atoms with E-state index in [0.29, 0.717) is 37.7 Å². The predicted octanol–water partition coefficient (Wildman–Crippen LogP) is 1.42. The molecule has 0 aliphatic carbocycles. The van der Waals surface area contributed by atoms with Gasteiger partial charge in [0.15, 0.2) is 0 Å². The maximum Gasteiger partial charge on any atom is 0.251 e. The van der Waals surface area contributed by atoms with Gasteiger partial charge in [0.2, 0.25) is 10.0 Å². The monoisotopic (exact) mass is 370 g/mol. The molecule has 132 valence electrons. The summed E-state index contributed by atoms with van der Waals surface area (Å²) < 4.78 is 32.3. The Morgan fingerprint density at radius 1 is 1.17 bits per heavy atom. The zero-order chi connectivity index (χ0) is 17.2. The lowest BCUT2D eigenvalue weighted by atomic mass is 10.2. The number of carbonyl (C=O) groups excluding carboxylic acids is 1. The number of ether oxygens (including phenoxy) is 1. The number of sulfonamides is 1. The highest BCUT2D eigenvalue weighted by Crippen LogP contribution is 2.22. The van der Waals surface area contributed by atoms with Gasteiger partial charge in [0.25, 0.3) is 5.91 Å². The zero-order valence-corrected chi connectivity index (χ0v) is 15.3. The summed E-state index contributed by atoms with van der Waals surface area (Å²) >= 11 is 1.57. The zero-order valence-electron chi connectivity index (χ0n) is 13.7. The van der Waals surface area contributed by atoms with Crippen molar-refractivity contribution in [2.75, 3.05) is 39.0 Å². The fourth-order valence-corrected chi connectivity index (χ4v) is 4.85. The molecule has 24 heavy (non-hydrogen) atoms. The molecule has 1 atom stereocenters. The van der Waals surface area contributed by atoms with Crippen LogP contribution >= 0.6 is 11.8 Å². The minimum Gasteiger partial charge on any atom is -0.368 e. The van der Waals surface area contributed by atoms with Crippen LogP contribution in [0.2, 0.25) is 0 Å². The Hall–Kier alpha value is -1.09. The summed E-state index contributed by atoms with van der Waals surface area (Å²) in [6.07, 6.45) is 3.29. The summed E-state index contributed by atoms with van der Waals surface area (Å²) in [6, 6.07) is 6.92. The number of thioether (sulfide) groups is 1. The van der Waals surface area contributed by atoms with Gasteiger partial charge in [-0.25, -0.2) is 8.42 Å². The second-order valence-electron chi connectivity index (χ2n) is 5.91. The van der Waals surface area contributed by atoms with Gasteiger partial charge in [-0.2, -0.15) is 4.31 Å². The molecule has 2 aliphatic rings. The van der Waals surface area contributed by atoms with E-state index in [1.165, 1.54) is 4.31 Å². The van der Waals surface area contributed by atoms with E-state index in [2.05, 4.69) is 0 Å². The number of hydrogen-bond donors (Lipinski definition) is 0. The third kappa shape index (κ3) is 3.61. The van der Waals surface area contributed by atoms with E-state index in [9.17, 15) is 13.2 Å².